The van der Waals surface area contributed by atoms with E-state index in [4.69, 9.17) is 4.42 Å². The summed E-state index contributed by atoms with van der Waals surface area (Å²) in [5.74, 6) is 0.0786. The zero-order valence-corrected chi connectivity index (χ0v) is 12.7. The third-order valence-electron chi connectivity index (χ3n) is 4.22. The Morgan fingerprint density at radius 1 is 1.32 bits per heavy atom. The Morgan fingerprint density at radius 2 is 2.05 bits per heavy atom. The van der Waals surface area contributed by atoms with Gasteiger partial charge in [0.15, 0.2) is 0 Å². The van der Waals surface area contributed by atoms with Gasteiger partial charge in [-0.05, 0) is 50.8 Å². The van der Waals surface area contributed by atoms with E-state index in [-0.39, 0.29) is 18.1 Å². The van der Waals surface area contributed by atoms with Gasteiger partial charge < -0.3 is 14.8 Å². The summed E-state index contributed by atoms with van der Waals surface area (Å²) in [6, 6.07) is 3.66. The van der Waals surface area contributed by atoms with E-state index in [9.17, 15) is 14.7 Å². The van der Waals surface area contributed by atoms with Crippen LogP contribution in [0.5, 0.6) is 5.75 Å². The van der Waals surface area contributed by atoms with Gasteiger partial charge in [-0.25, -0.2) is 4.79 Å². The molecule has 0 radical (unpaired) electrons. The molecule has 1 fully saturated rings. The molecule has 1 aromatic carbocycles. The van der Waals surface area contributed by atoms with Crippen LogP contribution in [-0.2, 0) is 11.2 Å². The zero-order valence-electron chi connectivity index (χ0n) is 12.7. The second-order valence-electron chi connectivity index (χ2n) is 5.92. The highest BCUT2D eigenvalue weighted by molar-refractivity contribution is 5.85. The van der Waals surface area contributed by atoms with Crippen LogP contribution in [0, 0.1) is 13.8 Å². The number of aryl methyl sites for hydroxylation is 2. The molecule has 2 aromatic rings. The van der Waals surface area contributed by atoms with Crippen LogP contribution in [0.1, 0.15) is 36.0 Å². The lowest BCUT2D eigenvalue weighted by atomic mass is 10.0. The molecule has 0 saturated heterocycles. The van der Waals surface area contributed by atoms with Crippen LogP contribution in [0.3, 0.4) is 0 Å². The topological polar surface area (TPSA) is 79.5 Å². The van der Waals surface area contributed by atoms with Crippen LogP contribution in [0.25, 0.3) is 11.0 Å². The van der Waals surface area contributed by atoms with Crippen molar-refractivity contribution < 1.29 is 14.3 Å². The summed E-state index contributed by atoms with van der Waals surface area (Å²) >= 11 is 0. The van der Waals surface area contributed by atoms with E-state index in [0.717, 1.165) is 23.8 Å². The van der Waals surface area contributed by atoms with Crippen LogP contribution in [0.4, 0.5) is 0 Å². The zero-order chi connectivity index (χ0) is 15.9. The van der Waals surface area contributed by atoms with Gasteiger partial charge in [0.25, 0.3) is 0 Å². The second kappa shape index (κ2) is 5.48. The molecule has 0 atom stereocenters. The molecule has 5 nitrogen and oxygen atoms in total. The van der Waals surface area contributed by atoms with E-state index < -0.39 is 5.63 Å². The maximum atomic E-state index is 12.2. The average molecular weight is 301 g/mol. The third-order valence-corrected chi connectivity index (χ3v) is 4.22. The van der Waals surface area contributed by atoms with Crippen molar-refractivity contribution in [1.29, 1.82) is 0 Å². The quantitative estimate of drug-likeness (QED) is 0.849. The molecule has 0 bridgehead atoms. The van der Waals surface area contributed by atoms with E-state index in [0.29, 0.717) is 29.2 Å². The number of phenols is 1. The van der Waals surface area contributed by atoms with Crippen molar-refractivity contribution in [2.75, 3.05) is 0 Å². The van der Waals surface area contributed by atoms with Gasteiger partial charge in [-0.3, -0.25) is 4.79 Å². The fraction of sp³-hybridized carbons (Fsp3) is 0.412. The molecule has 1 aliphatic rings. The smallest absolute Gasteiger partial charge is 0.339 e. The lowest BCUT2D eigenvalue weighted by Crippen LogP contribution is -2.26. The number of aromatic hydroxyl groups is 1. The maximum absolute atomic E-state index is 12.2. The van der Waals surface area contributed by atoms with Gasteiger partial charge in [0.05, 0.1) is 0 Å². The highest BCUT2D eigenvalue weighted by Gasteiger charge is 2.23. The normalized spacial score (nSPS) is 14.3. The summed E-state index contributed by atoms with van der Waals surface area (Å²) in [5, 5.41) is 13.4. The Balaban J connectivity index is 1.91. The molecule has 0 unspecified atom stereocenters. The Morgan fingerprint density at radius 3 is 2.73 bits per heavy atom. The molecule has 2 N–H and O–H groups in total. The van der Waals surface area contributed by atoms with Crippen LogP contribution < -0.4 is 10.9 Å². The van der Waals surface area contributed by atoms with Crippen molar-refractivity contribution in [2.45, 2.75) is 45.6 Å². The van der Waals surface area contributed by atoms with Gasteiger partial charge in [0.2, 0.25) is 5.91 Å². The molecule has 3 rings (SSSR count). The monoisotopic (exact) mass is 301 g/mol. The number of amides is 1. The summed E-state index contributed by atoms with van der Waals surface area (Å²) in [7, 11) is 0. The van der Waals surface area contributed by atoms with Gasteiger partial charge in [0, 0.05) is 29.0 Å². The molecule has 116 valence electrons. The molecule has 22 heavy (non-hydrogen) atoms. The van der Waals surface area contributed by atoms with E-state index >= 15 is 0 Å². The van der Waals surface area contributed by atoms with Crippen molar-refractivity contribution >= 4 is 16.9 Å². The highest BCUT2D eigenvalue weighted by Crippen LogP contribution is 2.28. The standard InChI is InChI=1S/C17H19NO4/c1-9-12-5-7-14(19)10(2)16(12)22-17(21)13(9)6-8-15(20)18-11-3-4-11/h5,7,11,19H,3-4,6,8H2,1-2H3,(H,18,20). The molecule has 5 heteroatoms. The van der Waals surface area contributed by atoms with Crippen LogP contribution in [0.2, 0.25) is 0 Å². The fourth-order valence-electron chi connectivity index (χ4n) is 2.63. The number of nitrogens with one attached hydrogen (secondary N) is 1. The Bertz CT molecular complexity index is 802. The second-order valence-corrected chi connectivity index (χ2v) is 5.92. The lowest BCUT2D eigenvalue weighted by molar-refractivity contribution is -0.121. The number of carbonyl (C=O) groups is 1. The summed E-state index contributed by atoms with van der Waals surface area (Å²) in [4.78, 5) is 24.0. The number of rotatable bonds is 4. The number of phenolic OH excluding ortho intramolecular Hbond substituents is 1. The summed E-state index contributed by atoms with van der Waals surface area (Å²) in [5.41, 5.74) is 1.87. The maximum Gasteiger partial charge on any atom is 0.339 e. The molecule has 0 aliphatic heterocycles. The van der Waals surface area contributed by atoms with Gasteiger partial charge in [0.1, 0.15) is 11.3 Å². The lowest BCUT2D eigenvalue weighted by Gasteiger charge is -2.10. The van der Waals surface area contributed by atoms with E-state index in [1.165, 1.54) is 0 Å². The largest absolute Gasteiger partial charge is 0.508 e. The number of fused-ring (bicyclic) bond motifs is 1. The van der Waals surface area contributed by atoms with Crippen molar-refractivity contribution in [3.05, 3.63) is 39.2 Å². The Labute approximate surface area is 127 Å². The Kier molecular flexibility index (Phi) is 3.64. The van der Waals surface area contributed by atoms with Crippen molar-refractivity contribution in [1.82, 2.24) is 5.32 Å². The first kappa shape index (κ1) is 14.6. The van der Waals surface area contributed by atoms with Gasteiger partial charge >= 0.3 is 5.63 Å². The first-order chi connectivity index (χ1) is 10.5. The van der Waals surface area contributed by atoms with Crippen LogP contribution in [0.15, 0.2) is 21.3 Å². The molecule has 1 aromatic heterocycles. The number of hydrogen-bond acceptors (Lipinski definition) is 4. The highest BCUT2D eigenvalue weighted by atomic mass is 16.4. The first-order valence-corrected chi connectivity index (χ1v) is 7.51. The molecule has 1 amide bonds. The number of hydrogen-bond donors (Lipinski definition) is 2. The number of carbonyl (C=O) groups excluding carboxylic acids is 1. The number of benzene rings is 1. The van der Waals surface area contributed by atoms with Gasteiger partial charge in [-0.2, -0.15) is 0 Å². The molecular formula is C17H19NO4. The van der Waals surface area contributed by atoms with Crippen LogP contribution in [-0.4, -0.2) is 17.1 Å². The SMILES string of the molecule is Cc1c(CCC(=O)NC2CC2)c(=O)oc2c(C)c(O)ccc12. The average Bonchev–Trinajstić information content (AvgIpc) is 3.27. The summed E-state index contributed by atoms with van der Waals surface area (Å²) < 4.78 is 5.36. The molecule has 1 aliphatic carbocycles. The van der Waals surface area contributed by atoms with E-state index in [2.05, 4.69) is 5.32 Å². The van der Waals surface area contributed by atoms with Crippen molar-refractivity contribution in [3.63, 3.8) is 0 Å². The molecule has 0 spiro atoms. The van der Waals surface area contributed by atoms with Gasteiger partial charge in [-0.1, -0.05) is 0 Å². The molecular weight excluding hydrogens is 282 g/mol. The minimum atomic E-state index is -0.432. The summed E-state index contributed by atoms with van der Waals surface area (Å²) in [6.07, 6.45) is 2.74. The van der Waals surface area contributed by atoms with E-state index in [1.54, 1.807) is 19.1 Å². The molecule has 1 heterocycles. The predicted octanol–water partition coefficient (Wildman–Crippen LogP) is 2.33. The fourth-order valence-corrected chi connectivity index (χ4v) is 2.63. The minimum Gasteiger partial charge on any atom is -0.508 e. The predicted molar refractivity (Wildman–Crippen MR) is 83.1 cm³/mol. The van der Waals surface area contributed by atoms with Gasteiger partial charge in [-0.15, -0.1) is 0 Å². The summed E-state index contributed by atoms with van der Waals surface area (Å²) in [6.45, 7) is 3.56. The Hall–Kier alpha value is -2.30. The van der Waals surface area contributed by atoms with Crippen molar-refractivity contribution in [2.24, 2.45) is 0 Å². The van der Waals surface area contributed by atoms with Crippen LogP contribution >= 0.6 is 0 Å². The minimum absolute atomic E-state index is 0.0247. The first-order valence-electron chi connectivity index (χ1n) is 7.51. The third kappa shape index (κ3) is 2.71. The van der Waals surface area contributed by atoms with E-state index in [1.807, 2.05) is 6.92 Å². The van der Waals surface area contributed by atoms with Crippen molar-refractivity contribution in [3.8, 4) is 5.75 Å². The molecule has 1 saturated carbocycles.